The number of hydrogen-bond acceptors (Lipinski definition) is 3. The zero-order chi connectivity index (χ0) is 13.4. The van der Waals surface area contributed by atoms with Crippen molar-refractivity contribution in [1.82, 2.24) is 10.2 Å². The molecule has 1 aromatic carbocycles. The smallest absolute Gasteiger partial charge is 0.235 e. The van der Waals surface area contributed by atoms with Gasteiger partial charge in [0, 0.05) is 5.56 Å². The number of fused-ring (bicyclic) bond motifs is 1. The zero-order valence-corrected chi connectivity index (χ0v) is 12.0. The molecule has 19 heavy (non-hydrogen) atoms. The van der Waals surface area contributed by atoms with Gasteiger partial charge < -0.3 is 5.32 Å². The van der Waals surface area contributed by atoms with Gasteiger partial charge in [0.05, 0.1) is 21.7 Å². The molecule has 1 aliphatic heterocycles. The number of aromatic nitrogens is 2. The quantitative estimate of drug-likeness (QED) is 0.837. The highest BCUT2D eigenvalue weighted by atomic mass is 79.9. The van der Waals surface area contributed by atoms with Crippen molar-refractivity contribution >= 4 is 39.4 Å². The van der Waals surface area contributed by atoms with Crippen molar-refractivity contribution in [2.75, 3.05) is 11.1 Å². The van der Waals surface area contributed by atoms with E-state index in [9.17, 15) is 9.18 Å². The van der Waals surface area contributed by atoms with E-state index in [-0.39, 0.29) is 17.0 Å². The van der Waals surface area contributed by atoms with Crippen molar-refractivity contribution in [3.63, 3.8) is 0 Å². The van der Waals surface area contributed by atoms with E-state index in [0.29, 0.717) is 16.0 Å². The summed E-state index contributed by atoms with van der Waals surface area (Å²) >= 11 is 4.68. The van der Waals surface area contributed by atoms with Crippen LogP contribution in [0.15, 0.2) is 28.9 Å². The van der Waals surface area contributed by atoms with Crippen LogP contribution in [0, 0.1) is 5.82 Å². The maximum atomic E-state index is 13.3. The van der Waals surface area contributed by atoms with E-state index in [0.717, 1.165) is 11.1 Å². The number of hydrogen-bond donors (Lipinski definition) is 2. The van der Waals surface area contributed by atoms with Crippen LogP contribution in [0.1, 0.15) is 16.4 Å². The molecule has 0 saturated carbocycles. The highest BCUT2D eigenvalue weighted by Gasteiger charge is 2.26. The number of thioether (sulfide) groups is 1. The fourth-order valence-corrected chi connectivity index (χ4v) is 3.45. The summed E-state index contributed by atoms with van der Waals surface area (Å²) in [4.78, 5) is 11.6. The van der Waals surface area contributed by atoms with E-state index in [1.807, 2.05) is 0 Å². The molecule has 0 spiro atoms. The summed E-state index contributed by atoms with van der Waals surface area (Å²) in [5.74, 6) is 0.589. The number of H-pyrrole nitrogens is 1. The normalized spacial score (nSPS) is 18.6. The first kappa shape index (κ1) is 12.7. The first-order chi connectivity index (χ1) is 9.15. The maximum Gasteiger partial charge on any atom is 0.235 e. The van der Waals surface area contributed by atoms with Crippen LogP contribution in [0.4, 0.5) is 10.2 Å². The van der Waals surface area contributed by atoms with Crippen LogP contribution < -0.4 is 5.32 Å². The number of rotatable bonds is 1. The lowest BCUT2D eigenvalue weighted by Gasteiger charge is -2.14. The first-order valence-electron chi connectivity index (χ1n) is 5.55. The molecular weight excluding hydrogens is 333 g/mol. The van der Waals surface area contributed by atoms with Gasteiger partial charge in [0.15, 0.2) is 0 Å². The number of carbonyl (C=O) groups is 1. The maximum absolute atomic E-state index is 13.3. The van der Waals surface area contributed by atoms with Gasteiger partial charge in [-0.2, -0.15) is 5.10 Å². The minimum Gasteiger partial charge on any atom is -0.310 e. The number of halogens is 2. The molecule has 2 heterocycles. The third kappa shape index (κ3) is 2.40. The number of carbonyl (C=O) groups excluding carboxylic acids is 1. The molecule has 0 aliphatic carbocycles. The van der Waals surface area contributed by atoms with Crippen LogP contribution in [0.3, 0.4) is 0 Å². The summed E-state index contributed by atoms with van der Waals surface area (Å²) in [6.45, 7) is 0. The molecule has 2 N–H and O–H groups in total. The van der Waals surface area contributed by atoms with Gasteiger partial charge in [-0.05, 0) is 33.6 Å². The third-order valence-corrected chi connectivity index (χ3v) is 4.74. The lowest BCUT2D eigenvalue weighted by Crippen LogP contribution is -2.12. The van der Waals surface area contributed by atoms with Crippen LogP contribution in [0.5, 0.6) is 0 Å². The lowest BCUT2D eigenvalue weighted by molar-refractivity contribution is -0.113. The molecule has 1 aromatic heterocycles. The van der Waals surface area contributed by atoms with Gasteiger partial charge in [0.2, 0.25) is 5.91 Å². The first-order valence-corrected chi connectivity index (χ1v) is 7.39. The van der Waals surface area contributed by atoms with Crippen LogP contribution in [0.2, 0.25) is 0 Å². The number of benzene rings is 1. The molecule has 3 rings (SSSR count). The molecule has 1 aliphatic rings. The van der Waals surface area contributed by atoms with Gasteiger partial charge in [-0.15, -0.1) is 11.8 Å². The molecule has 0 saturated heterocycles. The minimum atomic E-state index is -0.302. The molecule has 7 heteroatoms. The van der Waals surface area contributed by atoms with E-state index in [1.165, 1.54) is 17.8 Å². The molecule has 98 valence electrons. The fourth-order valence-electron chi connectivity index (χ4n) is 1.97. The highest BCUT2D eigenvalue weighted by Crippen LogP contribution is 2.41. The minimum absolute atomic E-state index is 0.0513. The van der Waals surface area contributed by atoms with E-state index in [2.05, 4.69) is 31.4 Å². The van der Waals surface area contributed by atoms with Crippen molar-refractivity contribution in [3.8, 4) is 0 Å². The molecule has 4 nitrogen and oxygen atoms in total. The van der Waals surface area contributed by atoms with E-state index in [4.69, 9.17) is 0 Å². The molecular formula is C12H9BrFN3OS. The standard InChI is InChI=1S/C12H9BrFN3OS/c13-8-3-6(1-2-9(8)14)11-7-4-15-17-12(7)16-10(18)5-19-11/h1-4,11H,5H2,(H2,15,16,17,18)/t11-/m1/s1. The van der Waals surface area contributed by atoms with Gasteiger partial charge in [-0.1, -0.05) is 6.07 Å². The van der Waals surface area contributed by atoms with Crippen molar-refractivity contribution < 1.29 is 9.18 Å². The van der Waals surface area contributed by atoms with E-state index >= 15 is 0 Å². The SMILES string of the molecule is O=C1CS[C@H](c2ccc(F)c(Br)c2)c2cn[nH]c2N1. The molecule has 0 unspecified atom stereocenters. The Bertz CT molecular complexity index is 646. The summed E-state index contributed by atoms with van der Waals surface area (Å²) in [6, 6.07) is 4.88. The van der Waals surface area contributed by atoms with Crippen molar-refractivity contribution in [3.05, 3.63) is 45.8 Å². The molecule has 0 fully saturated rings. The second-order valence-electron chi connectivity index (χ2n) is 4.11. The Morgan fingerprint density at radius 2 is 2.32 bits per heavy atom. The topological polar surface area (TPSA) is 57.8 Å². The van der Waals surface area contributed by atoms with Gasteiger partial charge in [0.25, 0.3) is 0 Å². The van der Waals surface area contributed by atoms with Gasteiger partial charge in [-0.25, -0.2) is 4.39 Å². The zero-order valence-electron chi connectivity index (χ0n) is 9.61. The van der Waals surface area contributed by atoms with Gasteiger partial charge in [-0.3, -0.25) is 9.89 Å². The Hall–Kier alpha value is -1.34. The van der Waals surface area contributed by atoms with Crippen LogP contribution in [-0.2, 0) is 4.79 Å². The Kier molecular flexibility index (Phi) is 3.32. The van der Waals surface area contributed by atoms with Crippen molar-refractivity contribution in [2.24, 2.45) is 0 Å². The third-order valence-electron chi connectivity index (χ3n) is 2.84. The number of nitrogens with zero attached hydrogens (tertiary/aromatic N) is 1. The van der Waals surface area contributed by atoms with Crippen LogP contribution in [-0.4, -0.2) is 21.9 Å². The summed E-state index contributed by atoms with van der Waals surface area (Å²) in [7, 11) is 0. The number of nitrogens with one attached hydrogen (secondary N) is 2. The summed E-state index contributed by atoms with van der Waals surface area (Å²) in [5, 5.41) is 9.44. The Balaban J connectivity index is 2.05. The Labute approximate surface area is 121 Å². The molecule has 0 bridgehead atoms. The molecule has 0 radical (unpaired) electrons. The van der Waals surface area contributed by atoms with Crippen LogP contribution >= 0.6 is 27.7 Å². The number of amides is 1. The van der Waals surface area contributed by atoms with Crippen LogP contribution in [0.25, 0.3) is 0 Å². The lowest BCUT2D eigenvalue weighted by atomic mass is 10.1. The fraction of sp³-hybridized carbons (Fsp3) is 0.167. The summed E-state index contributed by atoms with van der Waals surface area (Å²) in [5.41, 5.74) is 1.83. The van der Waals surface area contributed by atoms with Gasteiger partial charge in [0.1, 0.15) is 11.6 Å². The molecule has 1 atom stereocenters. The molecule has 1 amide bonds. The monoisotopic (exact) mass is 341 g/mol. The highest BCUT2D eigenvalue weighted by molar-refractivity contribution is 9.10. The van der Waals surface area contributed by atoms with E-state index < -0.39 is 0 Å². The average molecular weight is 342 g/mol. The Morgan fingerprint density at radius 3 is 3.11 bits per heavy atom. The largest absolute Gasteiger partial charge is 0.310 e. The van der Waals surface area contributed by atoms with E-state index in [1.54, 1.807) is 18.3 Å². The van der Waals surface area contributed by atoms with Gasteiger partial charge >= 0.3 is 0 Å². The van der Waals surface area contributed by atoms with Crippen molar-refractivity contribution in [1.29, 1.82) is 0 Å². The predicted molar refractivity (Wildman–Crippen MR) is 75.6 cm³/mol. The number of anilines is 1. The molecule has 2 aromatic rings. The average Bonchev–Trinajstić information content (AvgIpc) is 2.76. The van der Waals surface area contributed by atoms with Crippen molar-refractivity contribution in [2.45, 2.75) is 5.25 Å². The predicted octanol–water partition coefficient (Wildman–Crippen LogP) is 3.09. The second-order valence-corrected chi connectivity index (χ2v) is 6.06. The Morgan fingerprint density at radius 1 is 1.47 bits per heavy atom. The number of aromatic amines is 1. The summed E-state index contributed by atoms with van der Waals surface area (Å²) < 4.78 is 13.7. The second kappa shape index (κ2) is 4.97. The summed E-state index contributed by atoms with van der Waals surface area (Å²) in [6.07, 6.45) is 1.69.